The Morgan fingerprint density at radius 2 is 2.12 bits per heavy atom. The maximum absolute atomic E-state index is 5.74. The molecule has 0 saturated heterocycles. The number of fused-ring (bicyclic) bond motifs is 2. The molecular weight excluding hydrogens is 198 g/mol. The highest BCUT2D eigenvalue weighted by atomic mass is 16.5. The molecule has 0 amide bonds. The van der Waals surface area contributed by atoms with Gasteiger partial charge in [0.05, 0.1) is 5.52 Å². The van der Waals surface area contributed by atoms with Crippen LogP contribution in [0.5, 0.6) is 5.88 Å². The van der Waals surface area contributed by atoms with Gasteiger partial charge in [-0.3, -0.25) is 0 Å². The van der Waals surface area contributed by atoms with Crippen molar-refractivity contribution in [1.29, 1.82) is 0 Å². The van der Waals surface area contributed by atoms with Crippen molar-refractivity contribution < 1.29 is 4.74 Å². The first-order valence-electron chi connectivity index (χ1n) is 5.72. The summed E-state index contributed by atoms with van der Waals surface area (Å²) < 4.78 is 5.74. The van der Waals surface area contributed by atoms with Crippen LogP contribution in [0.1, 0.15) is 23.6 Å². The van der Waals surface area contributed by atoms with Crippen molar-refractivity contribution in [3.05, 3.63) is 34.9 Å². The van der Waals surface area contributed by atoms with E-state index in [4.69, 9.17) is 4.74 Å². The van der Waals surface area contributed by atoms with Crippen molar-refractivity contribution in [2.45, 2.75) is 33.3 Å². The number of aromatic nitrogens is 1. The van der Waals surface area contributed by atoms with E-state index in [9.17, 15) is 0 Å². The Labute approximate surface area is 95.3 Å². The summed E-state index contributed by atoms with van der Waals surface area (Å²) in [5.74, 6) is 0.840. The average molecular weight is 213 g/mol. The second-order valence-electron chi connectivity index (χ2n) is 4.62. The van der Waals surface area contributed by atoms with E-state index in [0.29, 0.717) is 0 Å². The molecule has 1 atom stereocenters. The second kappa shape index (κ2) is 3.21. The Morgan fingerprint density at radius 3 is 2.94 bits per heavy atom. The molecule has 0 saturated carbocycles. The minimum absolute atomic E-state index is 0.262. The Morgan fingerprint density at radius 1 is 1.31 bits per heavy atom. The van der Waals surface area contributed by atoms with Crippen LogP contribution in [-0.2, 0) is 6.42 Å². The molecule has 0 radical (unpaired) electrons. The third-order valence-electron chi connectivity index (χ3n) is 3.37. The van der Waals surface area contributed by atoms with Gasteiger partial charge in [0.2, 0.25) is 5.88 Å². The van der Waals surface area contributed by atoms with Crippen molar-refractivity contribution in [2.75, 3.05) is 0 Å². The lowest BCUT2D eigenvalue weighted by Gasteiger charge is -2.08. The van der Waals surface area contributed by atoms with E-state index >= 15 is 0 Å². The largest absolute Gasteiger partial charge is 0.474 e. The van der Waals surface area contributed by atoms with Gasteiger partial charge in [-0.05, 0) is 31.9 Å². The maximum Gasteiger partial charge on any atom is 0.217 e. The zero-order valence-corrected chi connectivity index (χ0v) is 9.87. The van der Waals surface area contributed by atoms with Gasteiger partial charge in [0, 0.05) is 17.4 Å². The number of hydrogen-bond acceptors (Lipinski definition) is 2. The Hall–Kier alpha value is -1.57. The van der Waals surface area contributed by atoms with Gasteiger partial charge in [0.25, 0.3) is 0 Å². The first-order chi connectivity index (χ1) is 7.66. The summed E-state index contributed by atoms with van der Waals surface area (Å²) in [5, 5.41) is 1.26. The van der Waals surface area contributed by atoms with Crippen molar-refractivity contribution >= 4 is 10.9 Å². The molecule has 0 aliphatic carbocycles. The highest BCUT2D eigenvalue weighted by molar-refractivity contribution is 5.86. The van der Waals surface area contributed by atoms with Crippen molar-refractivity contribution in [2.24, 2.45) is 0 Å². The van der Waals surface area contributed by atoms with Crippen LogP contribution in [-0.4, -0.2) is 11.1 Å². The normalized spacial score (nSPS) is 18.6. The number of hydrogen-bond donors (Lipinski definition) is 0. The molecule has 2 nitrogen and oxygen atoms in total. The summed E-state index contributed by atoms with van der Waals surface area (Å²) in [6, 6.07) is 6.34. The van der Waals surface area contributed by atoms with Gasteiger partial charge in [-0.15, -0.1) is 0 Å². The zero-order valence-electron chi connectivity index (χ0n) is 9.87. The van der Waals surface area contributed by atoms with Crippen LogP contribution < -0.4 is 4.74 Å². The van der Waals surface area contributed by atoms with Crippen LogP contribution in [0.4, 0.5) is 0 Å². The lowest BCUT2D eigenvalue weighted by atomic mass is 10.0. The van der Waals surface area contributed by atoms with Gasteiger partial charge in [-0.25, -0.2) is 4.98 Å². The molecule has 1 aromatic heterocycles. The first-order valence-corrected chi connectivity index (χ1v) is 5.72. The second-order valence-corrected chi connectivity index (χ2v) is 4.62. The molecule has 3 rings (SSSR count). The van der Waals surface area contributed by atoms with E-state index in [1.165, 1.54) is 22.1 Å². The van der Waals surface area contributed by atoms with E-state index in [1.54, 1.807) is 0 Å². The monoisotopic (exact) mass is 213 g/mol. The van der Waals surface area contributed by atoms with Crippen LogP contribution in [0.15, 0.2) is 18.2 Å². The van der Waals surface area contributed by atoms with Gasteiger partial charge in [-0.2, -0.15) is 0 Å². The molecular formula is C14H15NO. The molecule has 1 aromatic carbocycles. The van der Waals surface area contributed by atoms with Gasteiger partial charge < -0.3 is 4.74 Å². The third-order valence-corrected chi connectivity index (χ3v) is 3.37. The number of para-hydroxylation sites is 1. The quantitative estimate of drug-likeness (QED) is 0.670. The van der Waals surface area contributed by atoms with Crippen molar-refractivity contribution in [3.8, 4) is 5.88 Å². The van der Waals surface area contributed by atoms with E-state index in [0.717, 1.165) is 17.8 Å². The van der Waals surface area contributed by atoms with Crippen LogP contribution in [0.2, 0.25) is 0 Å². The van der Waals surface area contributed by atoms with E-state index in [1.807, 2.05) is 0 Å². The maximum atomic E-state index is 5.74. The fourth-order valence-corrected chi connectivity index (χ4v) is 2.46. The lowest BCUT2D eigenvalue weighted by Crippen LogP contribution is -2.05. The topological polar surface area (TPSA) is 22.1 Å². The number of nitrogens with zero attached hydrogens (tertiary/aromatic N) is 1. The summed E-state index contributed by atoms with van der Waals surface area (Å²) in [6.07, 6.45) is 1.25. The zero-order chi connectivity index (χ0) is 11.3. The van der Waals surface area contributed by atoms with Gasteiger partial charge in [-0.1, -0.05) is 18.2 Å². The molecule has 1 aliphatic rings. The number of pyridine rings is 1. The van der Waals surface area contributed by atoms with Crippen LogP contribution in [0.3, 0.4) is 0 Å². The Bertz CT molecular complexity index is 574. The van der Waals surface area contributed by atoms with Crippen LogP contribution in [0.25, 0.3) is 10.9 Å². The number of rotatable bonds is 0. The number of benzene rings is 1. The van der Waals surface area contributed by atoms with E-state index in [-0.39, 0.29) is 6.10 Å². The standard InChI is InChI=1S/C14H15NO/c1-8-5-4-6-11-10(3)12-7-9(2)16-14(12)15-13(8)11/h4-6,9H,7H2,1-3H3/t9-/m0/s1. The molecule has 0 spiro atoms. The van der Waals surface area contributed by atoms with Crippen LogP contribution in [0, 0.1) is 13.8 Å². The number of ether oxygens (including phenoxy) is 1. The molecule has 16 heavy (non-hydrogen) atoms. The molecule has 0 fully saturated rings. The average Bonchev–Trinajstić information content (AvgIpc) is 2.61. The molecule has 2 aromatic rings. The Balaban J connectivity index is 2.38. The summed E-state index contributed by atoms with van der Waals surface area (Å²) in [6.45, 7) is 6.36. The summed E-state index contributed by atoms with van der Waals surface area (Å²) in [7, 11) is 0. The molecule has 82 valence electrons. The molecule has 2 heterocycles. The smallest absolute Gasteiger partial charge is 0.217 e. The van der Waals surface area contributed by atoms with Gasteiger partial charge in [0.1, 0.15) is 6.10 Å². The predicted octanol–water partition coefficient (Wildman–Crippen LogP) is 3.18. The fourth-order valence-electron chi connectivity index (χ4n) is 2.46. The highest BCUT2D eigenvalue weighted by Gasteiger charge is 2.24. The van der Waals surface area contributed by atoms with Crippen molar-refractivity contribution in [3.63, 3.8) is 0 Å². The molecule has 1 aliphatic heterocycles. The summed E-state index contributed by atoms with van der Waals surface area (Å²) in [4.78, 5) is 4.64. The van der Waals surface area contributed by atoms with Gasteiger partial charge in [0.15, 0.2) is 0 Å². The summed E-state index contributed by atoms with van der Waals surface area (Å²) >= 11 is 0. The minimum atomic E-state index is 0.262. The summed E-state index contributed by atoms with van der Waals surface area (Å²) in [5.41, 5.74) is 4.90. The van der Waals surface area contributed by atoms with E-state index < -0.39 is 0 Å². The minimum Gasteiger partial charge on any atom is -0.474 e. The third kappa shape index (κ3) is 1.22. The first kappa shape index (κ1) is 9.64. The fraction of sp³-hybridized carbons (Fsp3) is 0.357. The molecule has 0 unspecified atom stereocenters. The molecule has 2 heteroatoms. The van der Waals surface area contributed by atoms with Gasteiger partial charge >= 0.3 is 0 Å². The van der Waals surface area contributed by atoms with Crippen LogP contribution >= 0.6 is 0 Å². The molecule has 0 bridgehead atoms. The highest BCUT2D eigenvalue weighted by Crippen LogP contribution is 2.34. The SMILES string of the molecule is Cc1c2c(nc3c(C)cccc13)O[C@@H](C)C2. The number of aryl methyl sites for hydroxylation is 2. The Kier molecular flexibility index (Phi) is 1.93. The predicted molar refractivity (Wildman–Crippen MR) is 65.0 cm³/mol. The lowest BCUT2D eigenvalue weighted by molar-refractivity contribution is 0.247. The van der Waals surface area contributed by atoms with E-state index in [2.05, 4.69) is 44.0 Å². The molecule has 0 N–H and O–H groups in total. The van der Waals surface area contributed by atoms with Crippen molar-refractivity contribution in [1.82, 2.24) is 4.98 Å².